The van der Waals surface area contributed by atoms with Gasteiger partial charge in [0.25, 0.3) is 0 Å². The first-order valence-electron chi connectivity index (χ1n) is 7.08. The van der Waals surface area contributed by atoms with Crippen LogP contribution in [-0.4, -0.2) is 19.5 Å². The van der Waals surface area contributed by atoms with Gasteiger partial charge in [-0.05, 0) is 25.7 Å². The van der Waals surface area contributed by atoms with Crippen LogP contribution in [0.2, 0.25) is 0 Å². The molecule has 0 amide bonds. The minimum Gasteiger partial charge on any atom is -0.353 e. The molecule has 0 spiro atoms. The van der Waals surface area contributed by atoms with E-state index in [4.69, 9.17) is 9.47 Å². The third-order valence-corrected chi connectivity index (χ3v) is 2.56. The average molecular weight is 230 g/mol. The molecule has 98 valence electrons. The first kappa shape index (κ1) is 15.9. The van der Waals surface area contributed by atoms with Crippen molar-refractivity contribution in [2.45, 2.75) is 78.4 Å². The molecule has 0 atom stereocenters. The van der Waals surface area contributed by atoms with Crippen LogP contribution in [0.4, 0.5) is 0 Å². The van der Waals surface area contributed by atoms with E-state index in [0.29, 0.717) is 0 Å². The van der Waals surface area contributed by atoms with E-state index in [2.05, 4.69) is 20.8 Å². The maximum atomic E-state index is 5.68. The van der Waals surface area contributed by atoms with Gasteiger partial charge >= 0.3 is 0 Å². The van der Waals surface area contributed by atoms with Gasteiger partial charge in [-0.15, -0.1) is 0 Å². The van der Waals surface area contributed by atoms with Crippen molar-refractivity contribution in [2.24, 2.45) is 0 Å². The zero-order valence-electron chi connectivity index (χ0n) is 11.5. The van der Waals surface area contributed by atoms with Crippen LogP contribution in [0.3, 0.4) is 0 Å². The van der Waals surface area contributed by atoms with Crippen molar-refractivity contribution in [2.75, 3.05) is 13.2 Å². The number of hydrogen-bond acceptors (Lipinski definition) is 2. The van der Waals surface area contributed by atoms with E-state index in [0.717, 1.165) is 32.5 Å². The van der Waals surface area contributed by atoms with Crippen molar-refractivity contribution >= 4 is 0 Å². The Morgan fingerprint density at radius 3 is 1.75 bits per heavy atom. The van der Waals surface area contributed by atoms with Crippen molar-refractivity contribution in [3.05, 3.63) is 0 Å². The Labute approximate surface area is 102 Å². The van der Waals surface area contributed by atoms with Gasteiger partial charge in [-0.3, -0.25) is 0 Å². The predicted octanol–water partition coefficient (Wildman–Crippen LogP) is 4.53. The lowest BCUT2D eigenvalue weighted by molar-refractivity contribution is -0.146. The molecular weight excluding hydrogens is 200 g/mol. The molecule has 0 aliphatic carbocycles. The highest BCUT2D eigenvalue weighted by atomic mass is 16.7. The van der Waals surface area contributed by atoms with Crippen molar-refractivity contribution in [3.63, 3.8) is 0 Å². The Morgan fingerprint density at radius 2 is 1.25 bits per heavy atom. The first-order chi connectivity index (χ1) is 7.85. The highest BCUT2D eigenvalue weighted by Crippen LogP contribution is 2.11. The van der Waals surface area contributed by atoms with E-state index in [1.165, 1.54) is 32.1 Å². The molecule has 0 saturated carbocycles. The number of hydrogen-bond donors (Lipinski definition) is 0. The van der Waals surface area contributed by atoms with Gasteiger partial charge in [0.15, 0.2) is 6.29 Å². The zero-order chi connectivity index (χ0) is 12.1. The Hall–Kier alpha value is -0.0800. The minimum absolute atomic E-state index is 0.0431. The quantitative estimate of drug-likeness (QED) is 0.362. The second-order valence-corrected chi connectivity index (χ2v) is 4.37. The van der Waals surface area contributed by atoms with Gasteiger partial charge in [0.1, 0.15) is 0 Å². The zero-order valence-corrected chi connectivity index (χ0v) is 11.5. The Bertz CT molecular complexity index is 118. The summed E-state index contributed by atoms with van der Waals surface area (Å²) in [6.45, 7) is 8.17. The normalized spacial score (nSPS) is 11.2. The van der Waals surface area contributed by atoms with E-state index in [9.17, 15) is 0 Å². The fourth-order valence-electron chi connectivity index (χ4n) is 1.63. The summed E-state index contributed by atoms with van der Waals surface area (Å²) in [5.74, 6) is 0. The van der Waals surface area contributed by atoms with Crippen LogP contribution in [0.15, 0.2) is 0 Å². The molecular formula is C14H30O2. The van der Waals surface area contributed by atoms with Crippen LogP contribution in [-0.2, 0) is 9.47 Å². The van der Waals surface area contributed by atoms with Gasteiger partial charge in [-0.2, -0.15) is 0 Å². The van der Waals surface area contributed by atoms with Gasteiger partial charge in [0, 0.05) is 13.2 Å². The van der Waals surface area contributed by atoms with Crippen molar-refractivity contribution in [1.29, 1.82) is 0 Å². The largest absolute Gasteiger partial charge is 0.353 e. The highest BCUT2D eigenvalue weighted by Gasteiger charge is 2.07. The van der Waals surface area contributed by atoms with Crippen LogP contribution in [0, 0.1) is 0 Å². The lowest BCUT2D eigenvalue weighted by atomic mass is 10.1. The first-order valence-corrected chi connectivity index (χ1v) is 7.08. The van der Waals surface area contributed by atoms with Crippen molar-refractivity contribution in [3.8, 4) is 0 Å². The molecule has 0 unspecified atom stereocenters. The topological polar surface area (TPSA) is 18.5 Å². The Morgan fingerprint density at radius 1 is 0.688 bits per heavy atom. The Kier molecular flexibility index (Phi) is 12.9. The molecule has 0 aliphatic heterocycles. The summed E-state index contributed by atoms with van der Waals surface area (Å²) in [5, 5.41) is 0. The van der Waals surface area contributed by atoms with E-state index >= 15 is 0 Å². The predicted molar refractivity (Wildman–Crippen MR) is 69.7 cm³/mol. The summed E-state index contributed by atoms with van der Waals surface area (Å²) in [4.78, 5) is 0. The van der Waals surface area contributed by atoms with Gasteiger partial charge in [0.05, 0.1) is 0 Å². The molecule has 2 heteroatoms. The van der Waals surface area contributed by atoms with Crippen LogP contribution in [0.25, 0.3) is 0 Å². The summed E-state index contributed by atoms with van der Waals surface area (Å²) in [7, 11) is 0. The molecule has 0 N–H and O–H groups in total. The third kappa shape index (κ3) is 10.4. The fraction of sp³-hybridized carbons (Fsp3) is 1.00. The molecule has 2 nitrogen and oxygen atoms in total. The van der Waals surface area contributed by atoms with E-state index in [1.807, 2.05) is 0 Å². The molecule has 0 aromatic rings. The van der Waals surface area contributed by atoms with E-state index < -0.39 is 0 Å². The average Bonchev–Trinajstić information content (AvgIpc) is 2.31. The minimum atomic E-state index is 0.0431. The molecule has 0 radical (unpaired) electrons. The Balaban J connectivity index is 3.48. The lowest BCUT2D eigenvalue weighted by Crippen LogP contribution is -2.18. The lowest BCUT2D eigenvalue weighted by Gasteiger charge is -2.17. The van der Waals surface area contributed by atoms with Gasteiger partial charge in [0.2, 0.25) is 0 Å². The van der Waals surface area contributed by atoms with Crippen molar-refractivity contribution < 1.29 is 9.47 Å². The van der Waals surface area contributed by atoms with Crippen molar-refractivity contribution in [1.82, 2.24) is 0 Å². The monoisotopic (exact) mass is 230 g/mol. The SMILES string of the molecule is CCCCCCCC(OCCC)OCCC. The van der Waals surface area contributed by atoms with Gasteiger partial charge in [-0.1, -0.05) is 46.5 Å². The third-order valence-electron chi connectivity index (χ3n) is 2.56. The standard InChI is InChI=1S/C14H30O2/c1-4-7-8-9-10-11-14(15-12-5-2)16-13-6-3/h14H,4-13H2,1-3H3. The van der Waals surface area contributed by atoms with Crippen LogP contribution >= 0.6 is 0 Å². The second kappa shape index (κ2) is 13.0. The summed E-state index contributed by atoms with van der Waals surface area (Å²) >= 11 is 0. The van der Waals surface area contributed by atoms with E-state index in [1.54, 1.807) is 0 Å². The molecule has 0 fully saturated rings. The highest BCUT2D eigenvalue weighted by molar-refractivity contribution is 4.49. The summed E-state index contributed by atoms with van der Waals surface area (Å²) in [6.07, 6.45) is 9.81. The molecule has 0 aromatic heterocycles. The molecule has 0 rings (SSSR count). The smallest absolute Gasteiger partial charge is 0.157 e. The van der Waals surface area contributed by atoms with Crippen LogP contribution in [0.5, 0.6) is 0 Å². The summed E-state index contributed by atoms with van der Waals surface area (Å²) in [6, 6.07) is 0. The maximum Gasteiger partial charge on any atom is 0.157 e. The molecule has 0 saturated heterocycles. The number of rotatable bonds is 12. The summed E-state index contributed by atoms with van der Waals surface area (Å²) < 4.78 is 11.4. The van der Waals surface area contributed by atoms with Gasteiger partial charge < -0.3 is 9.47 Å². The number of ether oxygens (including phenoxy) is 2. The molecule has 0 aliphatic rings. The van der Waals surface area contributed by atoms with Gasteiger partial charge in [-0.25, -0.2) is 0 Å². The second-order valence-electron chi connectivity index (χ2n) is 4.37. The molecule has 0 aromatic carbocycles. The summed E-state index contributed by atoms with van der Waals surface area (Å²) in [5.41, 5.74) is 0. The molecule has 0 heterocycles. The maximum absolute atomic E-state index is 5.68. The fourth-order valence-corrected chi connectivity index (χ4v) is 1.63. The molecule has 16 heavy (non-hydrogen) atoms. The van der Waals surface area contributed by atoms with E-state index in [-0.39, 0.29) is 6.29 Å². The number of unbranched alkanes of at least 4 members (excludes halogenated alkanes) is 4. The van der Waals surface area contributed by atoms with Crippen LogP contribution < -0.4 is 0 Å². The van der Waals surface area contributed by atoms with Crippen LogP contribution in [0.1, 0.15) is 72.1 Å². The molecule has 0 bridgehead atoms.